The van der Waals surface area contributed by atoms with Gasteiger partial charge in [-0.15, -0.1) is 11.3 Å². The van der Waals surface area contributed by atoms with Crippen molar-refractivity contribution in [1.29, 1.82) is 0 Å². The van der Waals surface area contributed by atoms with Crippen molar-refractivity contribution in [3.63, 3.8) is 0 Å². The molecule has 0 aliphatic carbocycles. The van der Waals surface area contributed by atoms with E-state index in [2.05, 4.69) is 19.1 Å². The van der Waals surface area contributed by atoms with Crippen LogP contribution < -0.4 is 5.73 Å². The minimum absolute atomic E-state index is 0.0306. The van der Waals surface area contributed by atoms with E-state index in [-0.39, 0.29) is 17.7 Å². The number of thiophene rings is 1. The Labute approximate surface area is 139 Å². The van der Waals surface area contributed by atoms with Crippen LogP contribution in [0.15, 0.2) is 36.4 Å². The molecule has 0 saturated carbocycles. The minimum Gasteiger partial charge on any atom is -0.369 e. The van der Waals surface area contributed by atoms with E-state index in [0.717, 1.165) is 5.56 Å². The molecule has 0 spiro atoms. The first kappa shape index (κ1) is 15.7. The maximum absolute atomic E-state index is 12.7. The number of amides is 2. The van der Waals surface area contributed by atoms with E-state index >= 15 is 0 Å². The van der Waals surface area contributed by atoms with Crippen molar-refractivity contribution in [2.75, 3.05) is 13.1 Å². The van der Waals surface area contributed by atoms with Crippen LogP contribution in [0.3, 0.4) is 0 Å². The number of piperidine rings is 1. The molecule has 0 unspecified atom stereocenters. The molecular weight excluding hydrogens is 308 g/mol. The van der Waals surface area contributed by atoms with Gasteiger partial charge in [0.15, 0.2) is 0 Å². The lowest BCUT2D eigenvalue weighted by Crippen LogP contribution is -2.41. The van der Waals surface area contributed by atoms with Gasteiger partial charge in [0.25, 0.3) is 5.91 Å². The number of likely N-dealkylation sites (tertiary alicyclic amines) is 1. The fourth-order valence-electron chi connectivity index (χ4n) is 2.94. The summed E-state index contributed by atoms with van der Waals surface area (Å²) in [7, 11) is 0. The Kier molecular flexibility index (Phi) is 4.48. The van der Waals surface area contributed by atoms with Crippen molar-refractivity contribution in [2.45, 2.75) is 19.8 Å². The van der Waals surface area contributed by atoms with E-state index in [9.17, 15) is 9.59 Å². The highest BCUT2D eigenvalue weighted by molar-refractivity contribution is 7.15. The molecule has 2 amide bonds. The third-order valence-electron chi connectivity index (χ3n) is 4.32. The van der Waals surface area contributed by atoms with Gasteiger partial charge in [-0.2, -0.15) is 0 Å². The molecule has 2 heterocycles. The predicted molar refractivity (Wildman–Crippen MR) is 92.3 cm³/mol. The van der Waals surface area contributed by atoms with Crippen molar-refractivity contribution in [3.8, 4) is 10.4 Å². The van der Waals surface area contributed by atoms with Crippen LogP contribution in [0.2, 0.25) is 0 Å². The van der Waals surface area contributed by atoms with Gasteiger partial charge in [0.2, 0.25) is 5.91 Å². The van der Waals surface area contributed by atoms with Crippen LogP contribution in [0.25, 0.3) is 10.4 Å². The highest BCUT2D eigenvalue weighted by Gasteiger charge is 2.26. The van der Waals surface area contributed by atoms with E-state index in [1.807, 2.05) is 29.2 Å². The summed E-state index contributed by atoms with van der Waals surface area (Å²) in [6.45, 7) is 3.26. The van der Waals surface area contributed by atoms with E-state index < -0.39 is 0 Å². The van der Waals surface area contributed by atoms with Gasteiger partial charge in [0, 0.05) is 34.3 Å². The molecule has 2 aromatic rings. The normalized spacial score (nSPS) is 15.6. The van der Waals surface area contributed by atoms with Gasteiger partial charge >= 0.3 is 0 Å². The molecule has 0 atom stereocenters. The summed E-state index contributed by atoms with van der Waals surface area (Å²) in [6.07, 6.45) is 1.32. The van der Waals surface area contributed by atoms with E-state index in [1.54, 1.807) is 11.3 Å². The Morgan fingerprint density at radius 3 is 2.52 bits per heavy atom. The van der Waals surface area contributed by atoms with Gasteiger partial charge in [-0.05, 0) is 49.6 Å². The number of hydrogen-bond acceptors (Lipinski definition) is 3. The zero-order valence-electron chi connectivity index (χ0n) is 13.1. The van der Waals surface area contributed by atoms with Crippen molar-refractivity contribution < 1.29 is 9.59 Å². The second kappa shape index (κ2) is 6.54. The number of nitrogens with two attached hydrogens (primary N) is 1. The smallest absolute Gasteiger partial charge is 0.253 e. The summed E-state index contributed by atoms with van der Waals surface area (Å²) in [5.41, 5.74) is 7.12. The number of hydrogen-bond donors (Lipinski definition) is 1. The lowest BCUT2D eigenvalue weighted by atomic mass is 9.95. The topological polar surface area (TPSA) is 63.4 Å². The zero-order valence-corrected chi connectivity index (χ0v) is 13.9. The molecule has 0 radical (unpaired) electrons. The molecule has 1 aliphatic rings. The van der Waals surface area contributed by atoms with Crippen LogP contribution in [0.4, 0.5) is 0 Å². The average Bonchev–Trinajstić information content (AvgIpc) is 3.01. The molecule has 1 aromatic carbocycles. The average molecular weight is 328 g/mol. The van der Waals surface area contributed by atoms with Crippen LogP contribution in [-0.4, -0.2) is 29.8 Å². The number of benzene rings is 1. The van der Waals surface area contributed by atoms with Gasteiger partial charge < -0.3 is 10.6 Å². The molecule has 4 nitrogen and oxygen atoms in total. The second-order valence-electron chi connectivity index (χ2n) is 5.96. The molecule has 1 saturated heterocycles. The third kappa shape index (κ3) is 3.45. The third-order valence-corrected chi connectivity index (χ3v) is 5.37. The maximum Gasteiger partial charge on any atom is 0.253 e. The Balaban J connectivity index is 1.74. The summed E-state index contributed by atoms with van der Waals surface area (Å²) >= 11 is 1.72. The van der Waals surface area contributed by atoms with Crippen molar-refractivity contribution >= 4 is 23.2 Å². The summed E-state index contributed by atoms with van der Waals surface area (Å²) in [4.78, 5) is 28.1. The first-order valence-corrected chi connectivity index (χ1v) is 8.61. The van der Waals surface area contributed by atoms with Crippen molar-refractivity contribution in [1.82, 2.24) is 4.90 Å². The van der Waals surface area contributed by atoms with Crippen LogP contribution in [-0.2, 0) is 4.79 Å². The zero-order chi connectivity index (χ0) is 16.4. The molecule has 0 bridgehead atoms. The predicted octanol–water partition coefficient (Wildman–Crippen LogP) is 3.06. The molecule has 1 aromatic heterocycles. The molecule has 3 rings (SSSR count). The molecule has 1 fully saturated rings. The Morgan fingerprint density at radius 1 is 1.17 bits per heavy atom. The fraction of sp³-hybridized carbons (Fsp3) is 0.333. The van der Waals surface area contributed by atoms with Crippen LogP contribution in [0.1, 0.15) is 28.1 Å². The molecule has 23 heavy (non-hydrogen) atoms. The quantitative estimate of drug-likeness (QED) is 0.941. The molecule has 2 N–H and O–H groups in total. The van der Waals surface area contributed by atoms with Crippen LogP contribution in [0, 0.1) is 12.8 Å². The lowest BCUT2D eigenvalue weighted by molar-refractivity contribution is -0.123. The highest BCUT2D eigenvalue weighted by Crippen LogP contribution is 2.28. The SMILES string of the molecule is Cc1ccc(-c2cccc(C(=O)N3CCC(C(N)=O)CC3)c2)s1. The maximum atomic E-state index is 12.7. The van der Waals surface area contributed by atoms with Gasteiger partial charge in [0.05, 0.1) is 0 Å². The number of primary amides is 1. The number of rotatable bonds is 3. The first-order chi connectivity index (χ1) is 11.0. The van der Waals surface area contributed by atoms with E-state index in [4.69, 9.17) is 5.73 Å². The number of carbonyl (C=O) groups excluding carboxylic acids is 2. The minimum atomic E-state index is -0.257. The largest absolute Gasteiger partial charge is 0.369 e. The van der Waals surface area contributed by atoms with Crippen LogP contribution >= 0.6 is 11.3 Å². The fourth-order valence-corrected chi connectivity index (χ4v) is 3.81. The summed E-state index contributed by atoms with van der Waals surface area (Å²) in [6, 6.07) is 11.9. The lowest BCUT2D eigenvalue weighted by Gasteiger charge is -2.30. The Hall–Kier alpha value is -2.14. The van der Waals surface area contributed by atoms with Gasteiger partial charge in [-0.3, -0.25) is 9.59 Å². The van der Waals surface area contributed by atoms with Crippen molar-refractivity contribution in [2.24, 2.45) is 11.7 Å². The number of nitrogens with zero attached hydrogens (tertiary/aromatic N) is 1. The number of carbonyl (C=O) groups is 2. The monoisotopic (exact) mass is 328 g/mol. The van der Waals surface area contributed by atoms with Gasteiger partial charge in [-0.25, -0.2) is 0 Å². The molecular formula is C18H20N2O2S. The van der Waals surface area contributed by atoms with Crippen LogP contribution in [0.5, 0.6) is 0 Å². The summed E-state index contributed by atoms with van der Waals surface area (Å²) in [5.74, 6) is -0.324. The first-order valence-electron chi connectivity index (χ1n) is 7.80. The van der Waals surface area contributed by atoms with Gasteiger partial charge in [-0.1, -0.05) is 12.1 Å². The number of aryl methyl sites for hydroxylation is 1. The highest BCUT2D eigenvalue weighted by atomic mass is 32.1. The Bertz CT molecular complexity index is 730. The van der Waals surface area contributed by atoms with Gasteiger partial charge in [0.1, 0.15) is 0 Å². The summed E-state index contributed by atoms with van der Waals surface area (Å²) in [5, 5.41) is 0. The van der Waals surface area contributed by atoms with Crippen molar-refractivity contribution in [3.05, 3.63) is 46.8 Å². The second-order valence-corrected chi connectivity index (χ2v) is 7.25. The molecule has 120 valence electrons. The van der Waals surface area contributed by atoms with E-state index in [1.165, 1.54) is 9.75 Å². The summed E-state index contributed by atoms with van der Waals surface area (Å²) < 4.78 is 0. The molecule has 5 heteroatoms. The molecule has 1 aliphatic heterocycles. The Morgan fingerprint density at radius 2 is 1.91 bits per heavy atom. The van der Waals surface area contributed by atoms with E-state index in [0.29, 0.717) is 31.5 Å². The standard InChI is InChI=1S/C18H20N2O2S/c1-12-5-6-16(23-12)14-3-2-4-15(11-14)18(22)20-9-7-13(8-10-20)17(19)21/h2-6,11,13H,7-10H2,1H3,(H2,19,21).